The van der Waals surface area contributed by atoms with Crippen molar-refractivity contribution < 1.29 is 30.8 Å². The second-order valence-corrected chi connectivity index (χ2v) is 8.87. The van der Waals surface area contributed by atoms with Gasteiger partial charge in [-0.2, -0.15) is 17.5 Å². The normalized spacial score (nSPS) is 16.3. The fourth-order valence-corrected chi connectivity index (χ4v) is 4.79. The molecule has 1 fully saturated rings. The van der Waals surface area contributed by atoms with Crippen LogP contribution in [0.3, 0.4) is 0 Å². The van der Waals surface area contributed by atoms with Gasteiger partial charge in [-0.15, -0.1) is 0 Å². The van der Waals surface area contributed by atoms with Crippen LogP contribution in [0.2, 0.25) is 0 Å². The number of nitrogens with zero attached hydrogens (tertiary/aromatic N) is 2. The summed E-state index contributed by atoms with van der Waals surface area (Å²) in [5.74, 6) is 0.961. The zero-order valence-corrected chi connectivity index (χ0v) is 17.0. The van der Waals surface area contributed by atoms with Crippen molar-refractivity contribution >= 4 is 15.9 Å². The highest BCUT2D eigenvalue weighted by molar-refractivity contribution is 7.89. The molecule has 2 aromatic rings. The summed E-state index contributed by atoms with van der Waals surface area (Å²) in [6.07, 6.45) is -4.53. The molecule has 1 saturated heterocycles. The van der Waals surface area contributed by atoms with E-state index in [1.165, 1.54) is 4.31 Å². The number of benzene rings is 1. The Morgan fingerprint density at radius 2 is 1.52 bits per heavy atom. The van der Waals surface area contributed by atoms with Gasteiger partial charge in [0.1, 0.15) is 11.5 Å². The lowest BCUT2D eigenvalue weighted by Crippen LogP contribution is -2.50. The van der Waals surface area contributed by atoms with Crippen molar-refractivity contribution in [2.24, 2.45) is 0 Å². The summed E-state index contributed by atoms with van der Waals surface area (Å²) in [4.78, 5) is 14.2. The average Bonchev–Trinajstić information content (AvgIpc) is 2.92. The molecule has 2 heterocycles. The molecular weight excluding hydrogens is 409 g/mol. The first kappa shape index (κ1) is 21.4. The Kier molecular flexibility index (Phi) is 5.52. The molecule has 0 aliphatic carbocycles. The van der Waals surface area contributed by atoms with Gasteiger partial charge < -0.3 is 9.32 Å². The molecule has 1 aromatic heterocycles. The number of furan rings is 1. The third kappa shape index (κ3) is 4.04. The highest BCUT2D eigenvalue weighted by atomic mass is 32.2. The highest BCUT2D eigenvalue weighted by Gasteiger charge is 2.34. The molecule has 1 aliphatic heterocycles. The van der Waals surface area contributed by atoms with Gasteiger partial charge in [0.15, 0.2) is 0 Å². The number of sulfonamides is 1. The lowest BCUT2D eigenvalue weighted by atomic mass is 10.1. The Morgan fingerprint density at radius 1 is 0.966 bits per heavy atom. The number of halogens is 3. The van der Waals surface area contributed by atoms with E-state index in [-0.39, 0.29) is 37.0 Å². The Morgan fingerprint density at radius 3 is 1.97 bits per heavy atom. The molecule has 1 aromatic carbocycles. The topological polar surface area (TPSA) is 70.8 Å². The summed E-state index contributed by atoms with van der Waals surface area (Å²) >= 11 is 0. The second-order valence-electron chi connectivity index (χ2n) is 6.93. The van der Waals surface area contributed by atoms with Crippen molar-refractivity contribution in [3.8, 4) is 0 Å². The van der Waals surface area contributed by atoms with E-state index < -0.39 is 21.8 Å². The summed E-state index contributed by atoms with van der Waals surface area (Å²) in [5, 5.41) is 0. The fraction of sp³-hybridized carbons (Fsp3) is 0.421. The molecule has 0 unspecified atom stereocenters. The lowest BCUT2D eigenvalue weighted by Gasteiger charge is -2.34. The molecule has 0 bridgehead atoms. The summed E-state index contributed by atoms with van der Waals surface area (Å²) in [5.41, 5.74) is 0.335. The third-order valence-electron chi connectivity index (χ3n) is 5.12. The lowest BCUT2D eigenvalue weighted by molar-refractivity contribution is -0.137. The predicted octanol–water partition coefficient (Wildman–Crippen LogP) is 3.37. The number of amides is 1. The average molecular weight is 430 g/mol. The quantitative estimate of drug-likeness (QED) is 0.749. The number of aryl methyl sites for hydroxylation is 2. The minimum Gasteiger partial charge on any atom is -0.466 e. The molecule has 158 valence electrons. The van der Waals surface area contributed by atoms with Crippen molar-refractivity contribution in [2.75, 3.05) is 26.2 Å². The van der Waals surface area contributed by atoms with E-state index in [0.717, 1.165) is 29.8 Å². The number of carbonyl (C=O) groups excluding carboxylic acids is 1. The SMILES string of the molecule is Cc1oc(C)c(C(=O)N2CCN(S(=O)(=O)c3ccc(C(F)(F)F)cc3)CC2)c1C. The van der Waals surface area contributed by atoms with E-state index in [0.29, 0.717) is 17.1 Å². The zero-order chi connectivity index (χ0) is 21.6. The molecule has 1 aliphatic rings. The molecule has 29 heavy (non-hydrogen) atoms. The van der Waals surface area contributed by atoms with E-state index in [2.05, 4.69) is 0 Å². The minimum absolute atomic E-state index is 0.0595. The molecule has 0 atom stereocenters. The molecule has 6 nitrogen and oxygen atoms in total. The highest BCUT2D eigenvalue weighted by Crippen LogP contribution is 2.30. The smallest absolute Gasteiger partial charge is 0.416 e. The summed E-state index contributed by atoms with van der Waals surface area (Å²) in [6.45, 7) is 5.76. The number of hydrogen-bond acceptors (Lipinski definition) is 4. The van der Waals surface area contributed by atoms with Gasteiger partial charge in [0.05, 0.1) is 16.0 Å². The number of piperazine rings is 1. The van der Waals surface area contributed by atoms with Crippen LogP contribution in [-0.2, 0) is 16.2 Å². The van der Waals surface area contributed by atoms with Gasteiger partial charge in [0.2, 0.25) is 10.0 Å². The van der Waals surface area contributed by atoms with Crippen LogP contribution < -0.4 is 0 Å². The van der Waals surface area contributed by atoms with E-state index >= 15 is 0 Å². The number of alkyl halides is 3. The number of carbonyl (C=O) groups is 1. The van der Waals surface area contributed by atoms with Gasteiger partial charge in [-0.1, -0.05) is 0 Å². The molecule has 0 saturated carbocycles. The number of rotatable bonds is 3. The van der Waals surface area contributed by atoms with Gasteiger partial charge in [0.25, 0.3) is 5.91 Å². The maximum absolute atomic E-state index is 12.8. The predicted molar refractivity (Wildman–Crippen MR) is 99.0 cm³/mol. The van der Waals surface area contributed by atoms with Crippen LogP contribution in [0.15, 0.2) is 33.6 Å². The summed E-state index contributed by atoms with van der Waals surface area (Å²) in [6, 6.07) is 3.41. The number of hydrogen-bond donors (Lipinski definition) is 0. The monoisotopic (exact) mass is 430 g/mol. The fourth-order valence-electron chi connectivity index (χ4n) is 3.36. The Labute approximate surface area is 167 Å². The van der Waals surface area contributed by atoms with Crippen LogP contribution in [0.4, 0.5) is 13.2 Å². The first-order valence-corrected chi connectivity index (χ1v) is 10.4. The molecule has 10 heteroatoms. The van der Waals surface area contributed by atoms with Gasteiger partial charge in [0, 0.05) is 31.7 Å². The maximum atomic E-state index is 12.8. The van der Waals surface area contributed by atoms with Crippen LogP contribution >= 0.6 is 0 Å². The van der Waals surface area contributed by atoms with Crippen LogP contribution in [0.5, 0.6) is 0 Å². The molecule has 3 rings (SSSR count). The van der Waals surface area contributed by atoms with Crippen LogP contribution in [0.1, 0.15) is 33.0 Å². The Hall–Kier alpha value is -2.33. The zero-order valence-electron chi connectivity index (χ0n) is 16.2. The van der Waals surface area contributed by atoms with Crippen molar-refractivity contribution in [2.45, 2.75) is 31.8 Å². The standard InChI is InChI=1S/C19H21F3N2O4S/c1-12-13(2)28-14(3)17(12)18(25)23-8-10-24(11-9-23)29(26,27)16-6-4-15(5-7-16)19(20,21)22/h4-7H,8-11H2,1-3H3. The molecule has 0 radical (unpaired) electrons. The summed E-state index contributed by atoms with van der Waals surface area (Å²) < 4.78 is 70.2. The molecule has 0 N–H and O–H groups in total. The first-order valence-electron chi connectivity index (χ1n) is 8.96. The van der Waals surface area contributed by atoms with E-state index in [4.69, 9.17) is 4.42 Å². The summed E-state index contributed by atoms with van der Waals surface area (Å²) in [7, 11) is -3.94. The second kappa shape index (κ2) is 7.49. The Balaban J connectivity index is 1.72. The van der Waals surface area contributed by atoms with Gasteiger partial charge in [-0.3, -0.25) is 4.79 Å². The van der Waals surface area contributed by atoms with E-state index in [1.54, 1.807) is 25.7 Å². The van der Waals surface area contributed by atoms with Gasteiger partial charge in [-0.05, 0) is 45.0 Å². The molecular formula is C19H21F3N2O4S. The molecule has 1 amide bonds. The van der Waals surface area contributed by atoms with Crippen LogP contribution in [0, 0.1) is 20.8 Å². The third-order valence-corrected chi connectivity index (χ3v) is 7.03. The van der Waals surface area contributed by atoms with Crippen molar-refractivity contribution in [1.82, 2.24) is 9.21 Å². The van der Waals surface area contributed by atoms with Gasteiger partial charge in [-0.25, -0.2) is 8.42 Å². The minimum atomic E-state index is -4.53. The van der Waals surface area contributed by atoms with Crippen LogP contribution in [0.25, 0.3) is 0 Å². The van der Waals surface area contributed by atoms with Crippen molar-refractivity contribution in [1.29, 1.82) is 0 Å². The van der Waals surface area contributed by atoms with Crippen molar-refractivity contribution in [3.63, 3.8) is 0 Å². The Bertz CT molecular complexity index is 1020. The van der Waals surface area contributed by atoms with E-state index in [9.17, 15) is 26.4 Å². The van der Waals surface area contributed by atoms with E-state index in [1.807, 2.05) is 0 Å². The molecule has 0 spiro atoms. The van der Waals surface area contributed by atoms with Crippen LogP contribution in [-0.4, -0.2) is 49.7 Å². The first-order chi connectivity index (χ1) is 13.4. The maximum Gasteiger partial charge on any atom is 0.416 e. The van der Waals surface area contributed by atoms with Gasteiger partial charge >= 0.3 is 6.18 Å². The van der Waals surface area contributed by atoms with Crippen molar-refractivity contribution in [3.05, 3.63) is 52.5 Å². The largest absolute Gasteiger partial charge is 0.466 e.